The number of aryl methyl sites for hydroxylation is 1. The lowest BCUT2D eigenvalue weighted by Crippen LogP contribution is -2.44. The molecule has 4 rings (SSSR count). The van der Waals surface area contributed by atoms with Gasteiger partial charge in [-0.3, -0.25) is 9.88 Å². The van der Waals surface area contributed by atoms with Gasteiger partial charge in [0.2, 0.25) is 11.7 Å². The quantitative estimate of drug-likeness (QED) is 0.391. The first-order valence-electron chi connectivity index (χ1n) is 10.9. The van der Waals surface area contributed by atoms with Crippen molar-refractivity contribution in [3.05, 3.63) is 65.8 Å². The maximum absolute atomic E-state index is 12.3. The molecule has 1 saturated heterocycles. The summed E-state index contributed by atoms with van der Waals surface area (Å²) in [5, 5.41) is 3.96. The normalized spacial score (nSPS) is 19.1. The number of esters is 1. The third kappa shape index (κ3) is 5.99. The van der Waals surface area contributed by atoms with Gasteiger partial charge in [0.15, 0.2) is 0 Å². The molecular weight excluding hydrogens is 408 g/mol. The molecule has 0 radical (unpaired) electrons. The van der Waals surface area contributed by atoms with E-state index in [0.29, 0.717) is 30.1 Å². The highest BCUT2D eigenvalue weighted by atomic mass is 16.5. The van der Waals surface area contributed by atoms with Crippen molar-refractivity contribution in [3.63, 3.8) is 0 Å². The molecule has 0 saturated carbocycles. The zero-order valence-electron chi connectivity index (χ0n) is 18.4. The fraction of sp³-hybridized carbons (Fsp3) is 0.417. The Morgan fingerprint density at radius 3 is 2.66 bits per heavy atom. The molecule has 2 atom stereocenters. The minimum atomic E-state index is -0.327. The minimum Gasteiger partial charge on any atom is -0.462 e. The van der Waals surface area contributed by atoms with Crippen LogP contribution in [0.15, 0.2) is 53.3 Å². The summed E-state index contributed by atoms with van der Waals surface area (Å²) in [5.41, 5.74) is 2.52. The van der Waals surface area contributed by atoms with Gasteiger partial charge >= 0.3 is 5.97 Å². The molecule has 3 heterocycles. The molecule has 0 aliphatic carbocycles. The molecule has 3 aromatic rings. The van der Waals surface area contributed by atoms with Crippen molar-refractivity contribution in [2.75, 3.05) is 19.7 Å². The van der Waals surface area contributed by atoms with E-state index in [4.69, 9.17) is 14.0 Å². The van der Waals surface area contributed by atoms with Gasteiger partial charge in [-0.2, -0.15) is 4.98 Å². The number of nitrogens with zero attached hydrogens (tertiary/aromatic N) is 4. The van der Waals surface area contributed by atoms with Crippen LogP contribution in [0.5, 0.6) is 0 Å². The number of carbonyl (C=O) groups excluding carboxylic acids is 1. The van der Waals surface area contributed by atoms with Crippen LogP contribution in [0, 0.1) is 0 Å². The highest BCUT2D eigenvalue weighted by Gasteiger charge is 2.22. The van der Waals surface area contributed by atoms with Gasteiger partial charge in [0.25, 0.3) is 0 Å². The van der Waals surface area contributed by atoms with Crippen molar-refractivity contribution in [1.29, 1.82) is 0 Å². The van der Waals surface area contributed by atoms with Gasteiger partial charge in [0, 0.05) is 44.0 Å². The van der Waals surface area contributed by atoms with E-state index in [2.05, 4.69) is 33.9 Å². The van der Waals surface area contributed by atoms with E-state index >= 15 is 0 Å². The number of ether oxygens (including phenoxy) is 2. The predicted molar refractivity (Wildman–Crippen MR) is 118 cm³/mol. The van der Waals surface area contributed by atoms with E-state index in [-0.39, 0.29) is 24.8 Å². The summed E-state index contributed by atoms with van der Waals surface area (Å²) in [6.07, 6.45) is 4.99. The molecule has 1 aliphatic heterocycles. The average molecular weight is 437 g/mol. The maximum atomic E-state index is 12.3. The lowest BCUT2D eigenvalue weighted by atomic mass is 10.1. The Balaban J connectivity index is 1.20. The summed E-state index contributed by atoms with van der Waals surface area (Å²) in [6, 6.07) is 11.3. The molecule has 0 spiro atoms. The predicted octanol–water partition coefficient (Wildman–Crippen LogP) is 3.53. The van der Waals surface area contributed by atoms with Gasteiger partial charge in [-0.25, -0.2) is 4.79 Å². The van der Waals surface area contributed by atoms with E-state index in [9.17, 15) is 4.79 Å². The molecule has 32 heavy (non-hydrogen) atoms. The summed E-state index contributed by atoms with van der Waals surface area (Å²) < 4.78 is 16.4. The van der Waals surface area contributed by atoms with Crippen LogP contribution in [0.1, 0.15) is 42.1 Å². The molecule has 168 valence electrons. The Morgan fingerprint density at radius 1 is 1.16 bits per heavy atom. The number of rotatable bonds is 8. The number of pyridine rings is 1. The van der Waals surface area contributed by atoms with Crippen LogP contribution in [0.4, 0.5) is 0 Å². The Labute approximate surface area is 187 Å². The van der Waals surface area contributed by atoms with Crippen LogP contribution in [0.3, 0.4) is 0 Å². The largest absolute Gasteiger partial charge is 0.462 e. The number of hydrogen-bond acceptors (Lipinski definition) is 8. The maximum Gasteiger partial charge on any atom is 0.338 e. The van der Waals surface area contributed by atoms with E-state index in [0.717, 1.165) is 25.2 Å². The van der Waals surface area contributed by atoms with Crippen LogP contribution in [-0.2, 0) is 22.4 Å². The molecule has 2 aromatic heterocycles. The molecule has 0 N–H and O–H groups in total. The van der Waals surface area contributed by atoms with Gasteiger partial charge in [-0.15, -0.1) is 0 Å². The van der Waals surface area contributed by atoms with Crippen molar-refractivity contribution in [2.45, 2.75) is 45.4 Å². The van der Waals surface area contributed by atoms with Crippen LogP contribution in [0.25, 0.3) is 11.4 Å². The van der Waals surface area contributed by atoms with Crippen molar-refractivity contribution in [1.82, 2.24) is 20.0 Å². The second-order valence-corrected chi connectivity index (χ2v) is 8.14. The van der Waals surface area contributed by atoms with Crippen molar-refractivity contribution in [2.24, 2.45) is 0 Å². The minimum absolute atomic E-state index is 0.238. The van der Waals surface area contributed by atoms with Gasteiger partial charge in [0.1, 0.15) is 0 Å². The van der Waals surface area contributed by atoms with Crippen LogP contribution < -0.4 is 0 Å². The lowest BCUT2D eigenvalue weighted by Gasteiger charge is -2.35. The van der Waals surface area contributed by atoms with Gasteiger partial charge < -0.3 is 14.0 Å². The van der Waals surface area contributed by atoms with Crippen molar-refractivity contribution >= 4 is 5.97 Å². The SMILES string of the molecule is CC1CN(Cc2ccc(C(=O)OCCCc3nc(-c4cccnc4)no3)cc2)CC(C)O1. The molecule has 1 fully saturated rings. The number of aromatic nitrogens is 3. The zero-order valence-corrected chi connectivity index (χ0v) is 18.4. The van der Waals surface area contributed by atoms with E-state index < -0.39 is 0 Å². The number of benzene rings is 1. The van der Waals surface area contributed by atoms with Crippen molar-refractivity contribution < 1.29 is 18.8 Å². The first-order valence-corrected chi connectivity index (χ1v) is 10.9. The second kappa shape index (κ2) is 10.5. The number of carbonyl (C=O) groups is 1. The Morgan fingerprint density at radius 2 is 1.94 bits per heavy atom. The molecule has 1 aliphatic rings. The third-order valence-electron chi connectivity index (χ3n) is 5.25. The lowest BCUT2D eigenvalue weighted by molar-refractivity contribution is -0.0704. The Kier molecular flexibility index (Phi) is 7.24. The topological polar surface area (TPSA) is 90.6 Å². The van der Waals surface area contributed by atoms with Gasteiger partial charge in [0.05, 0.1) is 24.4 Å². The first-order chi connectivity index (χ1) is 15.6. The summed E-state index contributed by atoms with van der Waals surface area (Å²) >= 11 is 0. The fourth-order valence-electron chi connectivity index (χ4n) is 3.86. The standard InChI is InChI=1S/C24H28N4O4/c1-17-14-28(15-18(2)31-17)16-19-7-9-20(10-8-19)24(29)30-12-4-6-22-26-23(27-32-22)21-5-3-11-25-13-21/h3,5,7-11,13,17-18H,4,6,12,14-16H2,1-2H3. The Bertz CT molecular complexity index is 996. The highest BCUT2D eigenvalue weighted by molar-refractivity contribution is 5.89. The van der Waals surface area contributed by atoms with Crippen LogP contribution in [0.2, 0.25) is 0 Å². The fourth-order valence-corrected chi connectivity index (χ4v) is 3.86. The monoisotopic (exact) mass is 436 g/mol. The summed E-state index contributed by atoms with van der Waals surface area (Å²) in [7, 11) is 0. The van der Waals surface area contributed by atoms with Crippen LogP contribution in [-0.4, -0.2) is 57.9 Å². The summed E-state index contributed by atoms with van der Waals surface area (Å²) in [6.45, 7) is 7.16. The van der Waals surface area contributed by atoms with E-state index in [1.165, 1.54) is 5.56 Å². The van der Waals surface area contributed by atoms with Crippen molar-refractivity contribution in [3.8, 4) is 11.4 Å². The molecule has 2 unspecified atom stereocenters. The molecule has 0 bridgehead atoms. The first kappa shape index (κ1) is 22.1. The summed E-state index contributed by atoms with van der Waals surface area (Å²) in [4.78, 5) is 23.1. The number of morpholine rings is 1. The number of hydrogen-bond donors (Lipinski definition) is 0. The third-order valence-corrected chi connectivity index (χ3v) is 5.25. The second-order valence-electron chi connectivity index (χ2n) is 8.14. The molecule has 8 nitrogen and oxygen atoms in total. The molecule has 0 amide bonds. The molecular formula is C24H28N4O4. The Hall–Kier alpha value is -3.10. The summed E-state index contributed by atoms with van der Waals surface area (Å²) in [5.74, 6) is 0.689. The average Bonchev–Trinajstić information content (AvgIpc) is 3.26. The smallest absolute Gasteiger partial charge is 0.338 e. The highest BCUT2D eigenvalue weighted by Crippen LogP contribution is 2.16. The van der Waals surface area contributed by atoms with Gasteiger partial charge in [-0.05, 0) is 50.1 Å². The van der Waals surface area contributed by atoms with E-state index in [1.54, 1.807) is 12.4 Å². The molecule has 1 aromatic carbocycles. The molecule has 8 heteroatoms. The van der Waals surface area contributed by atoms with E-state index in [1.807, 2.05) is 36.4 Å². The zero-order chi connectivity index (χ0) is 22.3. The van der Waals surface area contributed by atoms with Gasteiger partial charge in [-0.1, -0.05) is 17.3 Å². The van der Waals surface area contributed by atoms with Crippen LogP contribution >= 0.6 is 0 Å².